The third kappa shape index (κ3) is 8.49. The minimum atomic E-state index is -0.255. The van der Waals surface area contributed by atoms with Crippen LogP contribution in [0.25, 0.3) is 0 Å². The summed E-state index contributed by atoms with van der Waals surface area (Å²) in [6.07, 6.45) is 8.21. The fourth-order valence-corrected chi connectivity index (χ4v) is 3.85. The Morgan fingerprint density at radius 3 is 2.00 bits per heavy atom. The molecule has 0 amide bonds. The molecule has 0 aliphatic carbocycles. The molecular formula is C29H36O2. The molecule has 0 aliphatic rings. The van der Waals surface area contributed by atoms with Crippen LogP contribution in [-0.2, 0) is 4.79 Å². The molecule has 2 rings (SSSR count). The second-order valence-electron chi connectivity index (χ2n) is 8.69. The standard InChI is InChI=1S/C29H36O2/c1-22(2)13-11-14-23(3)15-12-20-27(30)21-28(25-16-7-5-8-17-25)24(4)29(31)26-18-9-6-10-19-26/h5-10,13,15-19,24,28H,11-12,14,20-21H2,1-4H3/b23-15+. The SMILES string of the molecule is CC(C)=CCC/C(C)=C/CCC(=O)CC(c1ccccc1)C(C)C(=O)c1ccccc1. The van der Waals surface area contributed by atoms with Gasteiger partial charge in [-0.3, -0.25) is 9.59 Å². The number of ketones is 2. The normalized spacial score (nSPS) is 13.4. The van der Waals surface area contributed by atoms with E-state index in [1.807, 2.05) is 67.6 Å². The summed E-state index contributed by atoms with van der Waals surface area (Å²) >= 11 is 0. The van der Waals surface area contributed by atoms with Gasteiger partial charge in [0.05, 0.1) is 0 Å². The number of hydrogen-bond donors (Lipinski definition) is 0. The van der Waals surface area contributed by atoms with Crippen molar-refractivity contribution < 1.29 is 9.59 Å². The molecule has 0 saturated carbocycles. The van der Waals surface area contributed by atoms with Gasteiger partial charge in [0, 0.05) is 30.2 Å². The molecule has 164 valence electrons. The number of benzene rings is 2. The van der Waals surface area contributed by atoms with E-state index >= 15 is 0 Å². The molecule has 2 unspecified atom stereocenters. The minimum absolute atomic E-state index is 0.0947. The fourth-order valence-electron chi connectivity index (χ4n) is 3.85. The smallest absolute Gasteiger partial charge is 0.166 e. The monoisotopic (exact) mass is 416 g/mol. The first kappa shape index (κ1) is 24.5. The molecule has 2 atom stereocenters. The predicted molar refractivity (Wildman–Crippen MR) is 130 cm³/mol. The number of rotatable bonds is 12. The molecule has 31 heavy (non-hydrogen) atoms. The Hall–Kier alpha value is -2.74. The van der Waals surface area contributed by atoms with Gasteiger partial charge in [0.1, 0.15) is 5.78 Å². The highest BCUT2D eigenvalue weighted by molar-refractivity contribution is 5.98. The van der Waals surface area contributed by atoms with Crippen LogP contribution < -0.4 is 0 Å². The molecular weight excluding hydrogens is 380 g/mol. The molecule has 0 saturated heterocycles. The van der Waals surface area contributed by atoms with E-state index in [0.717, 1.165) is 24.8 Å². The summed E-state index contributed by atoms with van der Waals surface area (Å²) < 4.78 is 0. The second-order valence-corrected chi connectivity index (χ2v) is 8.69. The van der Waals surface area contributed by atoms with Crippen molar-refractivity contribution in [1.82, 2.24) is 0 Å². The van der Waals surface area contributed by atoms with Gasteiger partial charge in [0.25, 0.3) is 0 Å². The van der Waals surface area contributed by atoms with Crippen LogP contribution in [0.1, 0.15) is 81.6 Å². The van der Waals surface area contributed by atoms with Crippen molar-refractivity contribution in [2.45, 2.75) is 65.7 Å². The summed E-state index contributed by atoms with van der Waals surface area (Å²) in [5, 5.41) is 0. The summed E-state index contributed by atoms with van der Waals surface area (Å²) in [6.45, 7) is 8.32. The van der Waals surface area contributed by atoms with Crippen molar-refractivity contribution in [2.75, 3.05) is 0 Å². The van der Waals surface area contributed by atoms with Gasteiger partial charge in [-0.15, -0.1) is 0 Å². The zero-order valence-electron chi connectivity index (χ0n) is 19.4. The number of allylic oxidation sites excluding steroid dienone is 4. The van der Waals surface area contributed by atoms with E-state index in [-0.39, 0.29) is 23.4 Å². The van der Waals surface area contributed by atoms with Crippen molar-refractivity contribution >= 4 is 11.6 Å². The third-order valence-electron chi connectivity index (χ3n) is 5.76. The van der Waals surface area contributed by atoms with E-state index in [2.05, 4.69) is 32.9 Å². The number of hydrogen-bond acceptors (Lipinski definition) is 2. The molecule has 2 nitrogen and oxygen atoms in total. The highest BCUT2D eigenvalue weighted by Gasteiger charge is 2.28. The van der Waals surface area contributed by atoms with Gasteiger partial charge < -0.3 is 0 Å². The van der Waals surface area contributed by atoms with Gasteiger partial charge in [0.2, 0.25) is 0 Å². The zero-order chi connectivity index (χ0) is 22.6. The Labute approximate surface area is 188 Å². The summed E-state index contributed by atoms with van der Waals surface area (Å²) in [4.78, 5) is 25.9. The predicted octanol–water partition coefficient (Wildman–Crippen LogP) is 7.72. The van der Waals surface area contributed by atoms with Gasteiger partial charge in [-0.05, 0) is 45.6 Å². The van der Waals surface area contributed by atoms with Gasteiger partial charge in [-0.1, -0.05) is 90.9 Å². The Bertz CT molecular complexity index is 887. The van der Waals surface area contributed by atoms with Gasteiger partial charge in [-0.2, -0.15) is 0 Å². The van der Waals surface area contributed by atoms with Crippen LogP contribution in [-0.4, -0.2) is 11.6 Å². The minimum Gasteiger partial charge on any atom is -0.300 e. The van der Waals surface area contributed by atoms with Gasteiger partial charge in [-0.25, -0.2) is 0 Å². The van der Waals surface area contributed by atoms with Crippen molar-refractivity contribution in [3.8, 4) is 0 Å². The van der Waals surface area contributed by atoms with Crippen molar-refractivity contribution in [3.05, 3.63) is 95.1 Å². The molecule has 0 radical (unpaired) electrons. The Morgan fingerprint density at radius 2 is 1.39 bits per heavy atom. The summed E-state index contributed by atoms with van der Waals surface area (Å²) in [6, 6.07) is 19.4. The van der Waals surface area contributed by atoms with Crippen LogP contribution >= 0.6 is 0 Å². The maximum atomic E-state index is 13.1. The highest BCUT2D eigenvalue weighted by atomic mass is 16.1. The summed E-state index contributed by atoms with van der Waals surface area (Å²) in [5.41, 5.74) is 4.44. The van der Waals surface area contributed by atoms with Gasteiger partial charge >= 0.3 is 0 Å². The molecule has 0 spiro atoms. The van der Waals surface area contributed by atoms with Crippen molar-refractivity contribution in [1.29, 1.82) is 0 Å². The molecule has 0 heterocycles. The van der Waals surface area contributed by atoms with Crippen molar-refractivity contribution in [3.63, 3.8) is 0 Å². The summed E-state index contributed by atoms with van der Waals surface area (Å²) in [7, 11) is 0. The number of Topliss-reactive ketones (excluding diaryl/α,β-unsaturated/α-hetero) is 2. The molecule has 0 bridgehead atoms. The third-order valence-corrected chi connectivity index (χ3v) is 5.76. The molecule has 2 aromatic carbocycles. The molecule has 2 heteroatoms. The van der Waals surface area contributed by atoms with Crippen LogP contribution in [0.3, 0.4) is 0 Å². The molecule has 0 N–H and O–H groups in total. The maximum Gasteiger partial charge on any atom is 0.166 e. The van der Waals surface area contributed by atoms with Crippen LogP contribution in [0.5, 0.6) is 0 Å². The molecule has 2 aromatic rings. The average molecular weight is 417 g/mol. The van der Waals surface area contributed by atoms with E-state index in [1.165, 1.54) is 11.1 Å². The lowest BCUT2D eigenvalue weighted by molar-refractivity contribution is -0.119. The average Bonchev–Trinajstić information content (AvgIpc) is 2.77. The first-order valence-electron chi connectivity index (χ1n) is 11.3. The lowest BCUT2D eigenvalue weighted by Crippen LogP contribution is -2.22. The van der Waals surface area contributed by atoms with Crippen LogP contribution in [0.4, 0.5) is 0 Å². The maximum absolute atomic E-state index is 13.1. The van der Waals surface area contributed by atoms with Crippen molar-refractivity contribution in [2.24, 2.45) is 5.92 Å². The largest absolute Gasteiger partial charge is 0.300 e. The van der Waals surface area contributed by atoms with E-state index < -0.39 is 0 Å². The number of carbonyl (C=O) groups excluding carboxylic acids is 2. The van der Waals surface area contributed by atoms with E-state index in [1.54, 1.807) is 0 Å². The van der Waals surface area contributed by atoms with E-state index in [9.17, 15) is 9.59 Å². The molecule has 0 aliphatic heterocycles. The Balaban J connectivity index is 2.02. The molecule has 0 fully saturated rings. The lowest BCUT2D eigenvalue weighted by Gasteiger charge is -2.23. The summed E-state index contributed by atoms with van der Waals surface area (Å²) in [5.74, 6) is -0.0496. The van der Waals surface area contributed by atoms with E-state index in [4.69, 9.17) is 0 Å². The molecule has 0 aromatic heterocycles. The first-order valence-corrected chi connectivity index (χ1v) is 11.3. The topological polar surface area (TPSA) is 34.1 Å². The van der Waals surface area contributed by atoms with Gasteiger partial charge in [0.15, 0.2) is 5.78 Å². The zero-order valence-corrected chi connectivity index (χ0v) is 19.4. The first-order chi connectivity index (χ1) is 14.9. The van der Waals surface area contributed by atoms with Crippen LogP contribution in [0, 0.1) is 5.92 Å². The second kappa shape index (κ2) is 12.8. The van der Waals surface area contributed by atoms with E-state index in [0.29, 0.717) is 18.4 Å². The fraction of sp³-hybridized carbons (Fsp3) is 0.379. The quantitative estimate of drug-likeness (QED) is 0.262. The Morgan fingerprint density at radius 1 is 0.806 bits per heavy atom. The highest BCUT2D eigenvalue weighted by Crippen LogP contribution is 2.31. The lowest BCUT2D eigenvalue weighted by atomic mass is 9.79. The van der Waals surface area contributed by atoms with Crippen LogP contribution in [0.2, 0.25) is 0 Å². The van der Waals surface area contributed by atoms with Crippen LogP contribution in [0.15, 0.2) is 84.0 Å². The Kier molecular flexibility index (Phi) is 10.2. The number of carbonyl (C=O) groups is 2.